The third kappa shape index (κ3) is 4.45. The van der Waals surface area contributed by atoms with E-state index < -0.39 is 12.0 Å². The van der Waals surface area contributed by atoms with E-state index in [0.29, 0.717) is 11.6 Å². The van der Waals surface area contributed by atoms with Gasteiger partial charge in [-0.2, -0.15) is 0 Å². The Hall–Kier alpha value is -1.57. The predicted octanol–water partition coefficient (Wildman–Crippen LogP) is 4.18. The van der Waals surface area contributed by atoms with E-state index in [4.69, 9.17) is 16.7 Å². The average Bonchev–Trinajstić information content (AvgIpc) is 2.84. The molecule has 21 heavy (non-hydrogen) atoms. The van der Waals surface area contributed by atoms with Crippen molar-refractivity contribution in [3.8, 4) is 0 Å². The molecule has 0 aliphatic rings. The van der Waals surface area contributed by atoms with Crippen molar-refractivity contribution < 1.29 is 14.7 Å². The highest BCUT2D eigenvalue weighted by molar-refractivity contribution is 9.10. The van der Waals surface area contributed by atoms with Crippen LogP contribution in [0.2, 0.25) is 5.02 Å². The second-order valence-corrected chi connectivity index (χ2v) is 6.38. The second-order valence-electron chi connectivity index (χ2n) is 4.03. The number of carboxylic acid groups (broad SMARTS) is 1. The van der Waals surface area contributed by atoms with Gasteiger partial charge in [0.25, 0.3) is 0 Å². The van der Waals surface area contributed by atoms with Crippen molar-refractivity contribution in [3.05, 3.63) is 49.6 Å². The molecule has 8 heteroatoms. The summed E-state index contributed by atoms with van der Waals surface area (Å²) >= 11 is 10.6. The first-order chi connectivity index (χ1) is 9.95. The van der Waals surface area contributed by atoms with E-state index in [9.17, 15) is 9.59 Å². The molecular formula is C13H10BrClN2O3S. The number of nitrogens with one attached hydrogen (secondary N) is 2. The number of thiophene rings is 1. The van der Waals surface area contributed by atoms with Gasteiger partial charge in [0.1, 0.15) is 0 Å². The molecule has 0 saturated carbocycles. The number of carbonyl (C=O) groups excluding carboxylic acids is 1. The van der Waals surface area contributed by atoms with Gasteiger partial charge in [-0.15, -0.1) is 11.3 Å². The van der Waals surface area contributed by atoms with Crippen LogP contribution in [0.5, 0.6) is 0 Å². The molecule has 1 heterocycles. The average molecular weight is 390 g/mol. The zero-order chi connectivity index (χ0) is 15.4. The fraction of sp³-hybridized carbons (Fsp3) is 0.0769. The number of rotatable bonds is 4. The number of carboxylic acids is 1. The summed E-state index contributed by atoms with van der Waals surface area (Å²) in [6.45, 7) is 0.359. The van der Waals surface area contributed by atoms with E-state index in [-0.39, 0.29) is 11.3 Å². The number of hydrogen-bond acceptors (Lipinski definition) is 3. The highest BCUT2D eigenvalue weighted by Crippen LogP contribution is 2.21. The van der Waals surface area contributed by atoms with Crippen molar-refractivity contribution in [2.24, 2.45) is 0 Å². The molecule has 0 bridgehead atoms. The summed E-state index contributed by atoms with van der Waals surface area (Å²) in [6, 6.07) is 5.67. The molecule has 0 spiro atoms. The fourth-order valence-electron chi connectivity index (χ4n) is 1.58. The maximum Gasteiger partial charge on any atom is 0.337 e. The molecule has 2 amide bonds. The monoisotopic (exact) mass is 388 g/mol. The van der Waals surface area contributed by atoms with Crippen molar-refractivity contribution in [1.82, 2.24) is 5.32 Å². The molecular weight excluding hydrogens is 380 g/mol. The van der Waals surface area contributed by atoms with Gasteiger partial charge in [-0.05, 0) is 40.2 Å². The van der Waals surface area contributed by atoms with E-state index in [2.05, 4.69) is 26.6 Å². The minimum absolute atomic E-state index is 0.0588. The zero-order valence-corrected chi connectivity index (χ0v) is 13.7. The minimum Gasteiger partial charge on any atom is -0.478 e. The summed E-state index contributed by atoms with van der Waals surface area (Å²) in [5.74, 6) is -1.16. The van der Waals surface area contributed by atoms with Crippen molar-refractivity contribution in [1.29, 1.82) is 0 Å². The van der Waals surface area contributed by atoms with Gasteiger partial charge < -0.3 is 15.7 Å². The van der Waals surface area contributed by atoms with Gasteiger partial charge in [-0.25, -0.2) is 9.59 Å². The first-order valence-corrected chi connectivity index (χ1v) is 7.81. The largest absolute Gasteiger partial charge is 0.478 e. The zero-order valence-electron chi connectivity index (χ0n) is 10.5. The van der Waals surface area contributed by atoms with Gasteiger partial charge in [-0.3, -0.25) is 0 Å². The fourth-order valence-corrected chi connectivity index (χ4v) is 3.15. The van der Waals surface area contributed by atoms with Crippen LogP contribution in [-0.4, -0.2) is 17.1 Å². The van der Waals surface area contributed by atoms with Crippen molar-refractivity contribution in [2.45, 2.75) is 6.54 Å². The number of hydrogen-bond donors (Lipinski definition) is 3. The second kappa shape index (κ2) is 6.93. The molecule has 1 aromatic carbocycles. The van der Waals surface area contributed by atoms with Crippen LogP contribution in [0, 0.1) is 0 Å². The molecule has 0 unspecified atom stereocenters. The van der Waals surface area contributed by atoms with Crippen molar-refractivity contribution in [2.75, 3.05) is 5.32 Å². The third-order valence-corrected chi connectivity index (χ3v) is 4.44. The Morgan fingerprint density at radius 3 is 2.71 bits per heavy atom. The number of halogens is 2. The van der Waals surface area contributed by atoms with E-state index in [1.54, 1.807) is 0 Å². The van der Waals surface area contributed by atoms with E-state index in [0.717, 1.165) is 9.35 Å². The first-order valence-electron chi connectivity index (χ1n) is 5.76. The highest BCUT2D eigenvalue weighted by atomic mass is 79.9. The van der Waals surface area contributed by atoms with Gasteiger partial charge in [-0.1, -0.05) is 11.6 Å². The van der Waals surface area contributed by atoms with E-state index in [1.807, 2.05) is 11.4 Å². The Balaban J connectivity index is 2.01. The SMILES string of the molecule is O=C(NCc1cc(Br)cs1)Nc1ccc(Cl)cc1C(=O)O. The van der Waals surface area contributed by atoms with E-state index in [1.165, 1.54) is 29.5 Å². The summed E-state index contributed by atoms with van der Waals surface area (Å²) in [7, 11) is 0. The predicted molar refractivity (Wildman–Crippen MR) is 86.3 cm³/mol. The van der Waals surface area contributed by atoms with Crippen LogP contribution >= 0.6 is 38.9 Å². The summed E-state index contributed by atoms with van der Waals surface area (Å²) in [5, 5.41) is 16.4. The lowest BCUT2D eigenvalue weighted by Crippen LogP contribution is -2.28. The molecule has 0 aliphatic carbocycles. The molecule has 0 fully saturated rings. The smallest absolute Gasteiger partial charge is 0.337 e. The van der Waals surface area contributed by atoms with Gasteiger partial charge in [0.2, 0.25) is 0 Å². The van der Waals surface area contributed by atoms with Gasteiger partial charge in [0, 0.05) is 19.8 Å². The number of benzene rings is 1. The molecule has 0 atom stereocenters. The molecule has 3 N–H and O–H groups in total. The van der Waals surface area contributed by atoms with Gasteiger partial charge in [0.05, 0.1) is 17.8 Å². The van der Waals surface area contributed by atoms with Crippen molar-refractivity contribution in [3.63, 3.8) is 0 Å². The molecule has 2 rings (SSSR count). The van der Waals surface area contributed by atoms with Crippen LogP contribution in [-0.2, 0) is 6.54 Å². The molecule has 0 radical (unpaired) electrons. The van der Waals surface area contributed by atoms with E-state index >= 15 is 0 Å². The number of anilines is 1. The molecule has 0 aliphatic heterocycles. The van der Waals surface area contributed by atoms with Crippen LogP contribution in [0.4, 0.5) is 10.5 Å². The van der Waals surface area contributed by atoms with Crippen LogP contribution in [0.15, 0.2) is 34.1 Å². The Morgan fingerprint density at radius 2 is 2.10 bits per heavy atom. The third-order valence-electron chi connectivity index (χ3n) is 2.51. The van der Waals surface area contributed by atoms with Crippen LogP contribution in [0.1, 0.15) is 15.2 Å². The van der Waals surface area contributed by atoms with Crippen LogP contribution < -0.4 is 10.6 Å². The molecule has 110 valence electrons. The number of aromatic carboxylic acids is 1. The lowest BCUT2D eigenvalue weighted by Gasteiger charge is -2.09. The number of urea groups is 1. The van der Waals surface area contributed by atoms with Crippen LogP contribution in [0.25, 0.3) is 0 Å². The Bertz CT molecular complexity index is 690. The van der Waals surface area contributed by atoms with Gasteiger partial charge >= 0.3 is 12.0 Å². The maximum absolute atomic E-state index is 11.8. The molecule has 5 nitrogen and oxygen atoms in total. The number of amides is 2. The lowest BCUT2D eigenvalue weighted by atomic mass is 10.2. The summed E-state index contributed by atoms with van der Waals surface area (Å²) in [6.07, 6.45) is 0. The minimum atomic E-state index is -1.16. The Labute approximate surface area is 138 Å². The molecule has 1 aromatic heterocycles. The summed E-state index contributed by atoms with van der Waals surface area (Å²) in [4.78, 5) is 23.9. The Kier molecular flexibility index (Phi) is 5.22. The number of carbonyl (C=O) groups is 2. The molecule has 2 aromatic rings. The normalized spacial score (nSPS) is 10.2. The first kappa shape index (κ1) is 15.8. The highest BCUT2D eigenvalue weighted by Gasteiger charge is 2.13. The Morgan fingerprint density at radius 1 is 1.33 bits per heavy atom. The maximum atomic E-state index is 11.8. The summed E-state index contributed by atoms with van der Waals surface area (Å²) < 4.78 is 0.954. The van der Waals surface area contributed by atoms with Crippen molar-refractivity contribution >= 4 is 56.6 Å². The summed E-state index contributed by atoms with van der Waals surface area (Å²) in [5.41, 5.74) is 0.133. The lowest BCUT2D eigenvalue weighted by molar-refractivity contribution is 0.0698. The topological polar surface area (TPSA) is 78.4 Å². The van der Waals surface area contributed by atoms with Gasteiger partial charge in [0.15, 0.2) is 0 Å². The van der Waals surface area contributed by atoms with Crippen LogP contribution in [0.3, 0.4) is 0 Å². The molecule has 0 saturated heterocycles. The quantitative estimate of drug-likeness (QED) is 0.734. The standard InChI is InChI=1S/C13H10BrClN2O3S/c14-7-3-9(21-6-7)5-16-13(20)17-11-2-1-8(15)4-10(11)12(18)19/h1-4,6H,5H2,(H,18,19)(H2,16,17,20).